The van der Waals surface area contributed by atoms with Crippen LogP contribution in [0.15, 0.2) is 48.5 Å². The van der Waals surface area contributed by atoms with Crippen LogP contribution in [-0.4, -0.2) is 23.9 Å². The lowest BCUT2D eigenvalue weighted by molar-refractivity contribution is -0.117. The van der Waals surface area contributed by atoms with E-state index in [1.165, 1.54) is 5.56 Å². The first-order chi connectivity index (χ1) is 11.1. The molecule has 23 heavy (non-hydrogen) atoms. The molecule has 0 unspecified atom stereocenters. The molecule has 1 amide bonds. The quantitative estimate of drug-likeness (QED) is 0.932. The molecule has 0 aliphatic carbocycles. The average molecular weight is 316 g/mol. The summed E-state index contributed by atoms with van der Waals surface area (Å²) in [6.07, 6.45) is 2.04. The molecule has 120 valence electrons. The first-order valence-corrected chi connectivity index (χ1v) is 7.67. The third kappa shape index (κ3) is 3.93. The average Bonchev–Trinajstić information content (AvgIpc) is 2.95. The van der Waals surface area contributed by atoms with Crippen LogP contribution >= 0.6 is 0 Å². The van der Waals surface area contributed by atoms with Crippen molar-refractivity contribution in [2.75, 3.05) is 18.4 Å². The number of hydrogen-bond acceptors (Lipinski definition) is 2. The van der Waals surface area contributed by atoms with E-state index in [2.05, 4.69) is 22.3 Å². The van der Waals surface area contributed by atoms with Crippen molar-refractivity contribution >= 4 is 11.6 Å². The lowest BCUT2D eigenvalue weighted by atomic mass is 10.0. The monoisotopic (exact) mass is 316 g/mol. The second-order valence-corrected chi connectivity index (χ2v) is 5.75. The molecule has 2 aromatic rings. The van der Waals surface area contributed by atoms with Gasteiger partial charge in [0.05, 0.1) is 6.54 Å². The maximum absolute atomic E-state index is 13.2. The van der Waals surface area contributed by atoms with E-state index in [0.717, 1.165) is 37.6 Å². The molecule has 0 aromatic heterocycles. The van der Waals surface area contributed by atoms with Gasteiger partial charge in [0.1, 0.15) is 11.6 Å². The Balaban J connectivity index is 1.65. The molecule has 2 aromatic carbocycles. The van der Waals surface area contributed by atoms with Gasteiger partial charge in [0.15, 0.2) is 0 Å². The Hall–Kier alpha value is -2.27. The summed E-state index contributed by atoms with van der Waals surface area (Å²) in [5.74, 6) is -1.68. The standard InChI is InChI=1S/C18H18F2N2O/c19-14-9-15(20)11-16(10-14)21-18(23)12-22-8-4-7-17(22)13-5-2-1-3-6-13/h1-3,5-6,9-11,17H,4,7-8,12H2,(H,21,23)/t17-/m1/s1. The first-order valence-electron chi connectivity index (χ1n) is 7.67. The van der Waals surface area contributed by atoms with Gasteiger partial charge in [0.25, 0.3) is 0 Å². The van der Waals surface area contributed by atoms with Crippen LogP contribution in [0.25, 0.3) is 0 Å². The largest absolute Gasteiger partial charge is 0.325 e. The molecule has 3 nitrogen and oxygen atoms in total. The Bertz CT molecular complexity index is 670. The number of anilines is 1. The molecule has 0 radical (unpaired) electrons. The fraction of sp³-hybridized carbons (Fsp3) is 0.278. The molecule has 0 bridgehead atoms. The van der Waals surface area contributed by atoms with Crippen LogP contribution in [-0.2, 0) is 4.79 Å². The number of benzene rings is 2. The highest BCUT2D eigenvalue weighted by molar-refractivity contribution is 5.92. The summed E-state index contributed by atoms with van der Waals surface area (Å²) < 4.78 is 26.3. The molecular formula is C18H18F2N2O. The molecule has 0 saturated carbocycles. The fourth-order valence-corrected chi connectivity index (χ4v) is 3.08. The second-order valence-electron chi connectivity index (χ2n) is 5.75. The predicted molar refractivity (Wildman–Crippen MR) is 85.0 cm³/mol. The van der Waals surface area contributed by atoms with Crippen LogP contribution in [0, 0.1) is 11.6 Å². The van der Waals surface area contributed by atoms with Gasteiger partial charge in [-0.3, -0.25) is 9.69 Å². The van der Waals surface area contributed by atoms with Crippen molar-refractivity contribution < 1.29 is 13.6 Å². The molecule has 1 heterocycles. The van der Waals surface area contributed by atoms with Crippen LogP contribution in [0.3, 0.4) is 0 Å². The van der Waals surface area contributed by atoms with Gasteiger partial charge < -0.3 is 5.32 Å². The third-order valence-electron chi connectivity index (χ3n) is 4.04. The number of carbonyl (C=O) groups excluding carboxylic acids is 1. The van der Waals surface area contributed by atoms with E-state index < -0.39 is 11.6 Å². The Morgan fingerprint density at radius 3 is 2.52 bits per heavy atom. The second kappa shape index (κ2) is 6.87. The van der Waals surface area contributed by atoms with Gasteiger partial charge >= 0.3 is 0 Å². The minimum atomic E-state index is -0.705. The van der Waals surface area contributed by atoms with E-state index in [-0.39, 0.29) is 24.2 Å². The topological polar surface area (TPSA) is 32.3 Å². The van der Waals surface area contributed by atoms with E-state index in [0.29, 0.717) is 0 Å². The van der Waals surface area contributed by atoms with Crippen molar-refractivity contribution in [1.82, 2.24) is 4.90 Å². The van der Waals surface area contributed by atoms with Gasteiger partial charge in [-0.15, -0.1) is 0 Å². The third-order valence-corrected chi connectivity index (χ3v) is 4.04. The smallest absolute Gasteiger partial charge is 0.238 e. The Morgan fingerprint density at radius 2 is 1.83 bits per heavy atom. The zero-order valence-corrected chi connectivity index (χ0v) is 12.6. The van der Waals surface area contributed by atoms with Gasteiger partial charge in [-0.2, -0.15) is 0 Å². The lowest BCUT2D eigenvalue weighted by Crippen LogP contribution is -2.33. The zero-order chi connectivity index (χ0) is 16.2. The van der Waals surface area contributed by atoms with E-state index >= 15 is 0 Å². The molecule has 1 aliphatic heterocycles. The molecule has 1 atom stereocenters. The number of carbonyl (C=O) groups is 1. The molecule has 0 spiro atoms. The first kappa shape index (κ1) is 15.6. The molecule has 1 saturated heterocycles. The maximum atomic E-state index is 13.2. The maximum Gasteiger partial charge on any atom is 0.238 e. The van der Waals surface area contributed by atoms with Crippen molar-refractivity contribution in [2.24, 2.45) is 0 Å². The number of amides is 1. The summed E-state index contributed by atoms with van der Waals surface area (Å²) in [5, 5.41) is 2.56. The van der Waals surface area contributed by atoms with Crippen molar-refractivity contribution in [3.05, 3.63) is 65.7 Å². The van der Waals surface area contributed by atoms with E-state index in [1.807, 2.05) is 18.2 Å². The molecule has 3 rings (SSSR count). The van der Waals surface area contributed by atoms with Crippen LogP contribution in [0.1, 0.15) is 24.4 Å². The Morgan fingerprint density at radius 1 is 1.13 bits per heavy atom. The van der Waals surface area contributed by atoms with Crippen LogP contribution in [0.5, 0.6) is 0 Å². The molecular weight excluding hydrogens is 298 g/mol. The van der Waals surface area contributed by atoms with Crippen molar-refractivity contribution in [2.45, 2.75) is 18.9 Å². The van der Waals surface area contributed by atoms with Crippen molar-refractivity contribution in [3.8, 4) is 0 Å². The number of halogens is 2. The normalized spacial score (nSPS) is 18.1. The van der Waals surface area contributed by atoms with Gasteiger partial charge in [-0.05, 0) is 37.1 Å². The highest BCUT2D eigenvalue weighted by atomic mass is 19.1. The van der Waals surface area contributed by atoms with Gasteiger partial charge in [0.2, 0.25) is 5.91 Å². The van der Waals surface area contributed by atoms with Crippen LogP contribution in [0.4, 0.5) is 14.5 Å². The molecule has 1 aliphatic rings. The number of nitrogens with one attached hydrogen (secondary N) is 1. The number of likely N-dealkylation sites (tertiary alicyclic amines) is 1. The van der Waals surface area contributed by atoms with Crippen LogP contribution in [0.2, 0.25) is 0 Å². The van der Waals surface area contributed by atoms with Gasteiger partial charge in [-0.1, -0.05) is 30.3 Å². The van der Waals surface area contributed by atoms with E-state index in [9.17, 15) is 13.6 Å². The predicted octanol–water partition coefficient (Wildman–Crippen LogP) is 3.74. The number of hydrogen-bond donors (Lipinski definition) is 1. The number of rotatable bonds is 4. The SMILES string of the molecule is O=C(CN1CCC[C@@H]1c1ccccc1)Nc1cc(F)cc(F)c1. The molecule has 1 fully saturated rings. The van der Waals surface area contributed by atoms with Crippen molar-refractivity contribution in [1.29, 1.82) is 0 Å². The van der Waals surface area contributed by atoms with Gasteiger partial charge in [0, 0.05) is 17.8 Å². The summed E-state index contributed by atoms with van der Waals surface area (Å²) >= 11 is 0. The summed E-state index contributed by atoms with van der Waals surface area (Å²) in [6, 6.07) is 13.3. The Kier molecular flexibility index (Phi) is 4.67. The Labute approximate surface area is 133 Å². The summed E-state index contributed by atoms with van der Waals surface area (Å²) in [4.78, 5) is 14.3. The van der Waals surface area contributed by atoms with Crippen LogP contribution < -0.4 is 5.32 Å². The highest BCUT2D eigenvalue weighted by Crippen LogP contribution is 2.31. The highest BCUT2D eigenvalue weighted by Gasteiger charge is 2.27. The van der Waals surface area contributed by atoms with Crippen molar-refractivity contribution in [3.63, 3.8) is 0 Å². The van der Waals surface area contributed by atoms with Gasteiger partial charge in [-0.25, -0.2) is 8.78 Å². The van der Waals surface area contributed by atoms with E-state index in [4.69, 9.17) is 0 Å². The summed E-state index contributed by atoms with van der Waals surface area (Å²) in [5.41, 5.74) is 1.33. The van der Waals surface area contributed by atoms with E-state index in [1.54, 1.807) is 0 Å². The summed E-state index contributed by atoms with van der Waals surface area (Å²) in [7, 11) is 0. The molecule has 5 heteroatoms. The molecule has 1 N–H and O–H groups in total. The minimum Gasteiger partial charge on any atom is -0.325 e. The lowest BCUT2D eigenvalue weighted by Gasteiger charge is -2.24. The number of nitrogens with zero attached hydrogens (tertiary/aromatic N) is 1. The zero-order valence-electron chi connectivity index (χ0n) is 12.6. The fourth-order valence-electron chi connectivity index (χ4n) is 3.08. The summed E-state index contributed by atoms with van der Waals surface area (Å²) in [6.45, 7) is 1.04. The minimum absolute atomic E-state index is 0.142.